The van der Waals surface area contributed by atoms with Crippen molar-refractivity contribution in [3.63, 3.8) is 0 Å². The van der Waals surface area contributed by atoms with Crippen LogP contribution in [0.2, 0.25) is 0 Å². The molecule has 2 heterocycles. The molecule has 0 bridgehead atoms. The van der Waals surface area contributed by atoms with Crippen LogP contribution < -0.4 is 16.1 Å². The molecule has 1 fully saturated rings. The average Bonchev–Trinajstić information content (AvgIpc) is 2.98. The molecule has 3 rings (SSSR count). The number of non-ortho nitro benzene ring substituents is 1. The summed E-state index contributed by atoms with van der Waals surface area (Å²) in [6.07, 6.45) is -0.0408. The highest BCUT2D eigenvalue weighted by Crippen LogP contribution is 2.20. The van der Waals surface area contributed by atoms with E-state index in [4.69, 9.17) is 0 Å². The Bertz CT molecular complexity index is 810. The summed E-state index contributed by atoms with van der Waals surface area (Å²) in [6, 6.07) is 4.68. The number of allylic oxidation sites excluding steroid dienone is 1. The van der Waals surface area contributed by atoms with Gasteiger partial charge in [0.15, 0.2) is 0 Å². The molecule has 2 aliphatic rings. The Balaban J connectivity index is 1.77. The van der Waals surface area contributed by atoms with Gasteiger partial charge in [0.2, 0.25) is 17.8 Å². The number of nitrogens with zero attached hydrogens (tertiary/aromatic N) is 3. The van der Waals surface area contributed by atoms with E-state index < -0.39 is 16.9 Å². The minimum absolute atomic E-state index is 0.0408. The van der Waals surface area contributed by atoms with E-state index >= 15 is 0 Å². The highest BCUT2D eigenvalue weighted by molar-refractivity contribution is 6.07. The Morgan fingerprint density at radius 3 is 2.64 bits per heavy atom. The summed E-state index contributed by atoms with van der Waals surface area (Å²) in [5, 5.41) is 17.5. The van der Waals surface area contributed by atoms with Gasteiger partial charge in [-0.1, -0.05) is 0 Å². The molecule has 10 heteroatoms. The summed E-state index contributed by atoms with van der Waals surface area (Å²) in [6.45, 7) is 3.72. The van der Waals surface area contributed by atoms with Crippen molar-refractivity contribution < 1.29 is 14.5 Å². The van der Waals surface area contributed by atoms with E-state index in [-0.39, 0.29) is 24.0 Å². The van der Waals surface area contributed by atoms with E-state index in [1.165, 1.54) is 29.3 Å². The fourth-order valence-electron chi connectivity index (χ4n) is 2.43. The minimum Gasteiger partial charge on any atom is -0.324 e. The van der Waals surface area contributed by atoms with Crippen LogP contribution in [-0.4, -0.2) is 33.7 Å². The molecule has 2 aliphatic heterocycles. The third-order valence-corrected chi connectivity index (χ3v) is 3.74. The highest BCUT2D eigenvalue weighted by atomic mass is 16.6. The number of nitro groups is 1. The zero-order valence-corrected chi connectivity index (χ0v) is 13.6. The molecule has 1 atom stereocenters. The smallest absolute Gasteiger partial charge is 0.269 e. The van der Waals surface area contributed by atoms with Crippen LogP contribution >= 0.6 is 0 Å². The van der Waals surface area contributed by atoms with Crippen molar-refractivity contribution in [3.05, 3.63) is 45.8 Å². The van der Waals surface area contributed by atoms with Crippen LogP contribution in [0.15, 0.2) is 40.7 Å². The van der Waals surface area contributed by atoms with Crippen LogP contribution in [0.25, 0.3) is 0 Å². The number of hydrogen-bond acceptors (Lipinski definition) is 7. The van der Waals surface area contributed by atoms with Crippen LogP contribution in [0.3, 0.4) is 0 Å². The zero-order chi connectivity index (χ0) is 18.1. The fraction of sp³-hybridized carbons (Fsp3) is 0.267. The fourth-order valence-corrected chi connectivity index (χ4v) is 2.43. The van der Waals surface area contributed by atoms with Crippen molar-refractivity contribution in [2.24, 2.45) is 4.99 Å². The predicted molar refractivity (Wildman–Crippen MR) is 89.1 cm³/mol. The van der Waals surface area contributed by atoms with Gasteiger partial charge < -0.3 is 5.32 Å². The number of carbonyl (C=O) groups excluding carboxylic acids is 2. The third-order valence-electron chi connectivity index (χ3n) is 3.74. The van der Waals surface area contributed by atoms with Gasteiger partial charge in [0.1, 0.15) is 11.9 Å². The standard InChI is InChI=1S/C15H16N6O4/c1-8(2)13-18-15-17-12(22)7-11(20(15)19-13)14(23)16-9-3-5-10(6-4-9)21(24)25/h3-6,11,19H,7H2,1-2H3,(H,16,23)(H,17,18,22). The number of amides is 2. The van der Waals surface area contributed by atoms with Gasteiger partial charge in [-0.25, -0.2) is 5.01 Å². The molecule has 10 nitrogen and oxygen atoms in total. The van der Waals surface area contributed by atoms with Crippen LogP contribution in [0.5, 0.6) is 0 Å². The Kier molecular flexibility index (Phi) is 4.09. The number of nitro benzene ring substituents is 1. The number of aliphatic imine (C=N–C) groups is 1. The summed E-state index contributed by atoms with van der Waals surface area (Å²) in [7, 11) is 0. The first-order valence-electron chi connectivity index (χ1n) is 7.52. The van der Waals surface area contributed by atoms with Crippen molar-refractivity contribution in [2.45, 2.75) is 26.3 Å². The van der Waals surface area contributed by atoms with E-state index in [1.54, 1.807) is 0 Å². The summed E-state index contributed by atoms with van der Waals surface area (Å²) in [5.41, 5.74) is 4.24. The second-order valence-corrected chi connectivity index (χ2v) is 5.83. The molecule has 0 radical (unpaired) electrons. The Morgan fingerprint density at radius 2 is 2.04 bits per heavy atom. The average molecular weight is 344 g/mol. The van der Waals surface area contributed by atoms with Gasteiger partial charge in [-0.2, -0.15) is 4.99 Å². The second-order valence-electron chi connectivity index (χ2n) is 5.83. The molecule has 1 saturated heterocycles. The number of nitrogens with one attached hydrogen (secondary N) is 3. The molecule has 1 unspecified atom stereocenters. The first kappa shape index (κ1) is 16.4. The molecule has 0 aromatic heterocycles. The van der Waals surface area contributed by atoms with Crippen molar-refractivity contribution in [3.8, 4) is 0 Å². The van der Waals surface area contributed by atoms with Crippen molar-refractivity contribution >= 4 is 29.1 Å². The van der Waals surface area contributed by atoms with Gasteiger partial charge in [-0.3, -0.25) is 30.4 Å². The summed E-state index contributed by atoms with van der Waals surface area (Å²) >= 11 is 0. The molecule has 1 aromatic rings. The van der Waals surface area contributed by atoms with Gasteiger partial charge in [-0.15, -0.1) is 0 Å². The summed E-state index contributed by atoms with van der Waals surface area (Å²) in [4.78, 5) is 38.8. The predicted octanol–water partition coefficient (Wildman–Crippen LogP) is 0.849. The molecule has 1 aromatic carbocycles. The second kappa shape index (κ2) is 6.23. The van der Waals surface area contributed by atoms with Gasteiger partial charge in [0.05, 0.1) is 11.3 Å². The zero-order valence-electron chi connectivity index (χ0n) is 13.6. The molecule has 130 valence electrons. The van der Waals surface area contributed by atoms with Crippen LogP contribution in [0.4, 0.5) is 11.4 Å². The number of fused-ring (bicyclic) bond motifs is 1. The topological polar surface area (TPSA) is 129 Å². The number of carbonyl (C=O) groups is 2. The lowest BCUT2D eigenvalue weighted by Crippen LogP contribution is -2.61. The van der Waals surface area contributed by atoms with E-state index in [1.807, 2.05) is 13.8 Å². The summed E-state index contributed by atoms with van der Waals surface area (Å²) in [5.74, 6) is 0.121. The van der Waals surface area contributed by atoms with E-state index in [0.717, 1.165) is 5.57 Å². The van der Waals surface area contributed by atoms with Gasteiger partial charge >= 0.3 is 0 Å². The molecule has 2 amide bonds. The molecule has 0 saturated carbocycles. The lowest BCUT2D eigenvalue weighted by atomic mass is 10.1. The normalized spacial score (nSPS) is 18.7. The van der Waals surface area contributed by atoms with Crippen LogP contribution in [0.1, 0.15) is 20.3 Å². The maximum atomic E-state index is 12.6. The van der Waals surface area contributed by atoms with E-state index in [9.17, 15) is 19.7 Å². The SMILES string of the molecule is CC(C)=C1N=C2NC(=O)CC(C(=O)Nc3ccc([N+](=O)[O-])cc3)N2N1. The maximum absolute atomic E-state index is 12.6. The number of rotatable bonds is 3. The summed E-state index contributed by atoms with van der Waals surface area (Å²) < 4.78 is 0. The Morgan fingerprint density at radius 1 is 1.36 bits per heavy atom. The Labute approximate surface area is 142 Å². The molecular weight excluding hydrogens is 328 g/mol. The minimum atomic E-state index is -0.792. The first-order valence-corrected chi connectivity index (χ1v) is 7.52. The lowest BCUT2D eigenvalue weighted by molar-refractivity contribution is -0.384. The van der Waals surface area contributed by atoms with E-state index in [2.05, 4.69) is 21.1 Å². The van der Waals surface area contributed by atoms with Crippen molar-refractivity contribution in [1.82, 2.24) is 15.8 Å². The molecule has 3 N–H and O–H groups in total. The van der Waals surface area contributed by atoms with Gasteiger partial charge in [-0.05, 0) is 31.6 Å². The third kappa shape index (κ3) is 3.27. The lowest BCUT2D eigenvalue weighted by Gasteiger charge is -2.32. The maximum Gasteiger partial charge on any atom is 0.269 e. The highest BCUT2D eigenvalue weighted by Gasteiger charge is 2.39. The molecule has 25 heavy (non-hydrogen) atoms. The number of anilines is 1. The molecule has 0 aliphatic carbocycles. The monoisotopic (exact) mass is 344 g/mol. The van der Waals surface area contributed by atoms with Crippen LogP contribution in [-0.2, 0) is 9.59 Å². The molecule has 0 spiro atoms. The van der Waals surface area contributed by atoms with Crippen molar-refractivity contribution in [2.75, 3.05) is 5.32 Å². The van der Waals surface area contributed by atoms with Crippen LogP contribution in [0, 0.1) is 10.1 Å². The van der Waals surface area contributed by atoms with E-state index in [0.29, 0.717) is 11.5 Å². The Hall–Kier alpha value is -3.43. The largest absolute Gasteiger partial charge is 0.324 e. The number of benzene rings is 1. The number of hydrazine groups is 1. The number of hydrogen-bond donors (Lipinski definition) is 3. The quantitative estimate of drug-likeness (QED) is 0.551. The molecular formula is C15H16N6O4. The van der Waals surface area contributed by atoms with Crippen molar-refractivity contribution in [1.29, 1.82) is 0 Å². The van der Waals surface area contributed by atoms with Gasteiger partial charge in [0.25, 0.3) is 5.69 Å². The van der Waals surface area contributed by atoms with Gasteiger partial charge in [0, 0.05) is 17.8 Å². The number of guanidine groups is 1. The first-order chi connectivity index (χ1) is 11.8.